The molecule has 2 rings (SSSR count). The van der Waals surface area contributed by atoms with E-state index in [1.165, 1.54) is 5.56 Å². The molecule has 5 heteroatoms. The Balaban J connectivity index is 1.95. The largest absolute Gasteiger partial charge is 0.348 e. The van der Waals surface area contributed by atoms with Gasteiger partial charge in [-0.15, -0.1) is 0 Å². The van der Waals surface area contributed by atoms with Gasteiger partial charge in [0.05, 0.1) is 18.3 Å². The predicted octanol–water partition coefficient (Wildman–Crippen LogP) is 1.90. The van der Waals surface area contributed by atoms with E-state index in [0.29, 0.717) is 31.1 Å². The van der Waals surface area contributed by atoms with Gasteiger partial charge in [-0.25, -0.2) is 0 Å². The molecule has 0 aliphatic heterocycles. The van der Waals surface area contributed by atoms with Crippen LogP contribution in [0.25, 0.3) is 0 Å². The van der Waals surface area contributed by atoms with Gasteiger partial charge in [-0.05, 0) is 17.0 Å². The first-order chi connectivity index (χ1) is 10.1. The maximum Gasteiger partial charge on any atom is 0.254 e. The van der Waals surface area contributed by atoms with Crippen molar-refractivity contribution < 1.29 is 4.79 Å². The fourth-order valence-corrected chi connectivity index (χ4v) is 2.08. The van der Waals surface area contributed by atoms with E-state index in [4.69, 9.17) is 5.73 Å². The van der Waals surface area contributed by atoms with Gasteiger partial charge in [0.1, 0.15) is 0 Å². The highest BCUT2D eigenvalue weighted by atomic mass is 16.1. The third-order valence-electron chi connectivity index (χ3n) is 3.32. The lowest BCUT2D eigenvalue weighted by Crippen LogP contribution is -2.22. The number of carbonyl (C=O) groups excluding carboxylic acids is 1. The van der Waals surface area contributed by atoms with E-state index in [-0.39, 0.29) is 5.91 Å². The predicted molar refractivity (Wildman–Crippen MR) is 83.0 cm³/mol. The number of aromatic nitrogens is 2. The molecule has 0 saturated carbocycles. The molecule has 0 fully saturated rings. The van der Waals surface area contributed by atoms with Gasteiger partial charge in [0.15, 0.2) is 0 Å². The number of amides is 1. The third kappa shape index (κ3) is 4.16. The van der Waals surface area contributed by atoms with Crippen LogP contribution in [-0.2, 0) is 13.1 Å². The molecule has 0 bridgehead atoms. The highest BCUT2D eigenvalue weighted by Gasteiger charge is 2.08. The zero-order valence-corrected chi connectivity index (χ0v) is 12.5. The number of hydrogen-bond donors (Lipinski definition) is 2. The van der Waals surface area contributed by atoms with Gasteiger partial charge in [-0.2, -0.15) is 5.10 Å². The van der Waals surface area contributed by atoms with E-state index in [0.717, 1.165) is 5.56 Å². The summed E-state index contributed by atoms with van der Waals surface area (Å²) in [5.41, 5.74) is 8.39. The highest BCUT2D eigenvalue weighted by molar-refractivity contribution is 5.93. The summed E-state index contributed by atoms with van der Waals surface area (Å²) in [6.07, 6.45) is 3.28. The van der Waals surface area contributed by atoms with Crippen LogP contribution in [0.4, 0.5) is 0 Å². The Labute approximate surface area is 125 Å². The first-order valence-corrected chi connectivity index (χ1v) is 7.19. The van der Waals surface area contributed by atoms with E-state index in [1.54, 1.807) is 17.1 Å². The van der Waals surface area contributed by atoms with E-state index in [2.05, 4.69) is 36.4 Å². The van der Waals surface area contributed by atoms with E-state index in [1.807, 2.05) is 12.1 Å². The second-order valence-corrected chi connectivity index (χ2v) is 5.36. The molecule has 2 aromatic rings. The lowest BCUT2D eigenvalue weighted by atomic mass is 10.0. The number of carbonyl (C=O) groups is 1. The van der Waals surface area contributed by atoms with Crippen molar-refractivity contribution in [2.45, 2.75) is 32.9 Å². The van der Waals surface area contributed by atoms with Crippen LogP contribution in [0.2, 0.25) is 0 Å². The maximum atomic E-state index is 12.1. The molecule has 5 nitrogen and oxygen atoms in total. The molecule has 1 aromatic heterocycles. The number of nitrogens with two attached hydrogens (primary N) is 1. The van der Waals surface area contributed by atoms with Gasteiger partial charge >= 0.3 is 0 Å². The summed E-state index contributed by atoms with van der Waals surface area (Å²) >= 11 is 0. The molecule has 1 aromatic carbocycles. The van der Waals surface area contributed by atoms with Crippen molar-refractivity contribution in [2.75, 3.05) is 6.54 Å². The Morgan fingerprint density at radius 2 is 2.24 bits per heavy atom. The lowest BCUT2D eigenvalue weighted by Gasteiger charge is -2.08. The lowest BCUT2D eigenvalue weighted by molar-refractivity contribution is 0.0951. The first-order valence-electron chi connectivity index (χ1n) is 7.19. The summed E-state index contributed by atoms with van der Waals surface area (Å²) in [7, 11) is 0. The fraction of sp³-hybridized carbons (Fsp3) is 0.375. The maximum absolute atomic E-state index is 12.1. The Morgan fingerprint density at radius 1 is 1.43 bits per heavy atom. The van der Waals surface area contributed by atoms with Crippen LogP contribution >= 0.6 is 0 Å². The molecular formula is C16H22N4O. The molecule has 0 atom stereocenters. The summed E-state index contributed by atoms with van der Waals surface area (Å²) < 4.78 is 1.67. The Morgan fingerprint density at radius 3 is 2.95 bits per heavy atom. The molecule has 0 saturated heterocycles. The van der Waals surface area contributed by atoms with Crippen LogP contribution in [-0.4, -0.2) is 22.2 Å². The van der Waals surface area contributed by atoms with Crippen LogP contribution in [0.3, 0.4) is 0 Å². The average Bonchev–Trinajstić information content (AvgIpc) is 2.94. The SMILES string of the molecule is CC(C)c1cccc(CNC(=O)c2cnn(CCN)c2)c1. The van der Waals surface area contributed by atoms with E-state index in [9.17, 15) is 4.79 Å². The topological polar surface area (TPSA) is 72.9 Å². The van der Waals surface area contributed by atoms with Crippen molar-refractivity contribution in [1.82, 2.24) is 15.1 Å². The highest BCUT2D eigenvalue weighted by Crippen LogP contribution is 2.15. The summed E-state index contributed by atoms with van der Waals surface area (Å²) in [4.78, 5) is 12.1. The van der Waals surface area contributed by atoms with Gasteiger partial charge in [-0.3, -0.25) is 9.48 Å². The molecule has 0 radical (unpaired) electrons. The number of benzene rings is 1. The molecule has 3 N–H and O–H groups in total. The normalized spacial score (nSPS) is 10.9. The van der Waals surface area contributed by atoms with E-state index < -0.39 is 0 Å². The average molecular weight is 286 g/mol. The zero-order chi connectivity index (χ0) is 15.2. The quantitative estimate of drug-likeness (QED) is 0.851. The summed E-state index contributed by atoms with van der Waals surface area (Å²) in [6.45, 7) is 5.95. The molecule has 21 heavy (non-hydrogen) atoms. The van der Waals surface area contributed by atoms with Crippen molar-refractivity contribution in [3.63, 3.8) is 0 Å². The van der Waals surface area contributed by atoms with Crippen molar-refractivity contribution in [2.24, 2.45) is 5.73 Å². The third-order valence-corrected chi connectivity index (χ3v) is 3.32. The van der Waals surface area contributed by atoms with Gasteiger partial charge in [-0.1, -0.05) is 38.1 Å². The van der Waals surface area contributed by atoms with E-state index >= 15 is 0 Å². The number of nitrogens with zero attached hydrogens (tertiary/aromatic N) is 2. The minimum Gasteiger partial charge on any atom is -0.348 e. The smallest absolute Gasteiger partial charge is 0.254 e. The number of nitrogens with one attached hydrogen (secondary N) is 1. The summed E-state index contributed by atoms with van der Waals surface area (Å²) in [6, 6.07) is 8.27. The molecule has 1 amide bonds. The first kappa shape index (κ1) is 15.3. The van der Waals surface area contributed by atoms with Crippen molar-refractivity contribution >= 4 is 5.91 Å². The molecule has 0 aliphatic rings. The second-order valence-electron chi connectivity index (χ2n) is 5.36. The number of rotatable bonds is 6. The Bertz CT molecular complexity index is 604. The van der Waals surface area contributed by atoms with Crippen molar-refractivity contribution in [3.05, 3.63) is 53.3 Å². The molecule has 112 valence electrons. The molecule has 0 spiro atoms. The molecule has 0 aliphatic carbocycles. The Hall–Kier alpha value is -2.14. The number of hydrogen-bond acceptors (Lipinski definition) is 3. The standard InChI is InChI=1S/C16H22N4O/c1-12(2)14-5-3-4-13(8-14)9-18-16(21)15-10-19-20(11-15)7-6-17/h3-5,8,10-12H,6-7,9,17H2,1-2H3,(H,18,21). The summed E-state index contributed by atoms with van der Waals surface area (Å²) in [5.74, 6) is 0.364. The van der Waals surface area contributed by atoms with Crippen LogP contribution in [0.15, 0.2) is 36.7 Å². The monoisotopic (exact) mass is 286 g/mol. The van der Waals surface area contributed by atoms with Gasteiger partial charge < -0.3 is 11.1 Å². The van der Waals surface area contributed by atoms with Crippen LogP contribution in [0.5, 0.6) is 0 Å². The van der Waals surface area contributed by atoms with Crippen molar-refractivity contribution in [3.8, 4) is 0 Å². The molecule has 0 unspecified atom stereocenters. The van der Waals surface area contributed by atoms with Gasteiger partial charge in [0.25, 0.3) is 5.91 Å². The Kier molecular flexibility index (Phi) is 5.11. The van der Waals surface area contributed by atoms with Gasteiger partial charge in [0.2, 0.25) is 0 Å². The zero-order valence-electron chi connectivity index (χ0n) is 12.5. The minimum atomic E-state index is -0.117. The van der Waals surface area contributed by atoms with Crippen LogP contribution < -0.4 is 11.1 Å². The molecule has 1 heterocycles. The summed E-state index contributed by atoms with van der Waals surface area (Å²) in [5, 5.41) is 7.01. The van der Waals surface area contributed by atoms with Crippen LogP contribution in [0, 0.1) is 0 Å². The van der Waals surface area contributed by atoms with Crippen LogP contribution in [0.1, 0.15) is 41.3 Å². The van der Waals surface area contributed by atoms with Crippen molar-refractivity contribution in [1.29, 1.82) is 0 Å². The minimum absolute atomic E-state index is 0.117. The second kappa shape index (κ2) is 7.04. The van der Waals surface area contributed by atoms with Gasteiger partial charge in [0, 0.05) is 19.3 Å². The fourth-order valence-electron chi connectivity index (χ4n) is 2.08. The molecular weight excluding hydrogens is 264 g/mol.